The first kappa shape index (κ1) is 11.1. The lowest BCUT2D eigenvalue weighted by Crippen LogP contribution is -2.14. The van der Waals surface area contributed by atoms with E-state index in [1.165, 1.54) is 5.56 Å². The molecule has 0 bridgehead atoms. The van der Waals surface area contributed by atoms with E-state index in [0.29, 0.717) is 5.92 Å². The molecule has 2 rings (SSSR count). The third-order valence-corrected chi connectivity index (χ3v) is 2.72. The van der Waals surface area contributed by atoms with Gasteiger partial charge in [-0.15, -0.1) is 0 Å². The first-order valence-corrected chi connectivity index (χ1v) is 5.75. The van der Waals surface area contributed by atoms with E-state index in [2.05, 4.69) is 44.7 Å². The second-order valence-corrected chi connectivity index (χ2v) is 5.55. The topological polar surface area (TPSA) is 30.2 Å². The second kappa shape index (κ2) is 3.58. The molecular weight excluding hydrogens is 198 g/mol. The molecule has 0 aliphatic heterocycles. The number of hydrogen-bond donors (Lipinski definition) is 0. The summed E-state index contributed by atoms with van der Waals surface area (Å²) in [4.78, 5) is 4.45. The summed E-state index contributed by atoms with van der Waals surface area (Å²) in [5.74, 6) is 0.427. The summed E-state index contributed by atoms with van der Waals surface area (Å²) in [6.45, 7) is 11.0. The zero-order chi connectivity index (χ0) is 11.9. The molecule has 2 heterocycles. The molecule has 16 heavy (non-hydrogen) atoms. The van der Waals surface area contributed by atoms with Crippen molar-refractivity contribution in [1.82, 2.24) is 14.6 Å². The molecule has 0 spiro atoms. The quantitative estimate of drug-likeness (QED) is 0.734. The maximum absolute atomic E-state index is 4.63. The number of fused-ring (bicyclic) bond motifs is 1. The molecule has 0 aromatic carbocycles. The van der Waals surface area contributed by atoms with Crippen molar-refractivity contribution in [3.8, 4) is 0 Å². The number of hydrogen-bond acceptors (Lipinski definition) is 2. The van der Waals surface area contributed by atoms with E-state index >= 15 is 0 Å². The van der Waals surface area contributed by atoms with Gasteiger partial charge in [0.1, 0.15) is 0 Å². The fourth-order valence-electron chi connectivity index (χ4n) is 2.03. The van der Waals surface area contributed by atoms with Crippen molar-refractivity contribution in [2.24, 2.45) is 0 Å². The van der Waals surface area contributed by atoms with Crippen molar-refractivity contribution in [2.45, 2.75) is 46.0 Å². The van der Waals surface area contributed by atoms with E-state index in [9.17, 15) is 0 Å². The van der Waals surface area contributed by atoms with Gasteiger partial charge in [-0.05, 0) is 17.4 Å². The van der Waals surface area contributed by atoms with Gasteiger partial charge >= 0.3 is 0 Å². The molecule has 3 nitrogen and oxygen atoms in total. The van der Waals surface area contributed by atoms with Crippen LogP contribution in [0.15, 0.2) is 18.5 Å². The van der Waals surface area contributed by atoms with Crippen LogP contribution < -0.4 is 0 Å². The van der Waals surface area contributed by atoms with Crippen LogP contribution >= 0.6 is 0 Å². The molecule has 0 aliphatic carbocycles. The highest BCUT2D eigenvalue weighted by Crippen LogP contribution is 2.32. The first-order chi connectivity index (χ1) is 7.41. The lowest BCUT2D eigenvalue weighted by atomic mass is 9.84. The highest BCUT2D eigenvalue weighted by molar-refractivity contribution is 5.54. The van der Waals surface area contributed by atoms with Crippen LogP contribution in [0.25, 0.3) is 5.65 Å². The summed E-state index contributed by atoms with van der Waals surface area (Å²) < 4.78 is 1.88. The molecule has 86 valence electrons. The van der Waals surface area contributed by atoms with Crippen molar-refractivity contribution in [3.63, 3.8) is 0 Å². The van der Waals surface area contributed by atoms with Crippen LogP contribution in [0.3, 0.4) is 0 Å². The van der Waals surface area contributed by atoms with Gasteiger partial charge in [-0.1, -0.05) is 34.6 Å². The standard InChI is InChI=1S/C13H19N3/c1-9(2)11-10(13(3,4)5)12-14-7-6-8-16(12)15-11/h6-9H,1-5H3. The van der Waals surface area contributed by atoms with Gasteiger partial charge in [0.15, 0.2) is 5.65 Å². The minimum atomic E-state index is 0.0791. The van der Waals surface area contributed by atoms with E-state index in [1.54, 1.807) is 0 Å². The van der Waals surface area contributed by atoms with E-state index in [1.807, 2.05) is 23.0 Å². The molecule has 2 aromatic rings. The van der Waals surface area contributed by atoms with Gasteiger partial charge < -0.3 is 0 Å². The average Bonchev–Trinajstić information content (AvgIpc) is 2.55. The molecule has 0 saturated heterocycles. The van der Waals surface area contributed by atoms with Gasteiger partial charge in [-0.2, -0.15) is 5.10 Å². The summed E-state index contributed by atoms with van der Waals surface area (Å²) >= 11 is 0. The molecule has 2 aromatic heterocycles. The van der Waals surface area contributed by atoms with Crippen molar-refractivity contribution < 1.29 is 0 Å². The third kappa shape index (κ3) is 1.70. The smallest absolute Gasteiger partial charge is 0.158 e. The molecule has 0 fully saturated rings. The van der Waals surface area contributed by atoms with Crippen LogP contribution in [-0.4, -0.2) is 14.6 Å². The highest BCUT2D eigenvalue weighted by Gasteiger charge is 2.26. The maximum atomic E-state index is 4.63. The molecule has 0 aliphatic rings. The Morgan fingerprint density at radius 2 is 1.94 bits per heavy atom. The predicted molar refractivity (Wildman–Crippen MR) is 65.8 cm³/mol. The SMILES string of the molecule is CC(C)c1nn2cccnc2c1C(C)(C)C. The van der Waals surface area contributed by atoms with Crippen LogP contribution in [0, 0.1) is 0 Å². The monoisotopic (exact) mass is 217 g/mol. The zero-order valence-corrected chi connectivity index (χ0v) is 10.7. The number of nitrogens with zero attached hydrogens (tertiary/aromatic N) is 3. The molecular formula is C13H19N3. The van der Waals surface area contributed by atoms with Gasteiger partial charge in [0, 0.05) is 18.0 Å². The Labute approximate surface area is 96.5 Å². The Morgan fingerprint density at radius 1 is 1.25 bits per heavy atom. The van der Waals surface area contributed by atoms with Gasteiger partial charge in [0.05, 0.1) is 5.69 Å². The Balaban J connectivity index is 2.80. The van der Waals surface area contributed by atoms with E-state index in [-0.39, 0.29) is 5.41 Å². The van der Waals surface area contributed by atoms with Crippen LogP contribution in [0.1, 0.15) is 51.8 Å². The molecule has 3 heteroatoms. The predicted octanol–water partition coefficient (Wildman–Crippen LogP) is 3.15. The minimum Gasteiger partial charge on any atom is -0.237 e. The fraction of sp³-hybridized carbons (Fsp3) is 0.538. The molecule has 0 atom stereocenters. The summed E-state index contributed by atoms with van der Waals surface area (Å²) in [6, 6.07) is 1.91. The number of rotatable bonds is 1. The van der Waals surface area contributed by atoms with Gasteiger partial charge in [-0.25, -0.2) is 9.50 Å². The normalized spacial score (nSPS) is 12.6. The molecule has 0 amide bonds. The van der Waals surface area contributed by atoms with E-state index in [0.717, 1.165) is 11.3 Å². The summed E-state index contributed by atoms with van der Waals surface area (Å²) in [5, 5.41) is 4.63. The lowest BCUT2D eigenvalue weighted by Gasteiger charge is -2.19. The maximum Gasteiger partial charge on any atom is 0.158 e. The van der Waals surface area contributed by atoms with Gasteiger partial charge in [0.2, 0.25) is 0 Å². The molecule has 0 saturated carbocycles. The Kier molecular flexibility index (Phi) is 2.49. The third-order valence-electron chi connectivity index (χ3n) is 2.72. The van der Waals surface area contributed by atoms with E-state index < -0.39 is 0 Å². The Bertz CT molecular complexity index is 503. The van der Waals surface area contributed by atoms with E-state index in [4.69, 9.17) is 0 Å². The van der Waals surface area contributed by atoms with Gasteiger partial charge in [0.25, 0.3) is 0 Å². The molecule has 0 unspecified atom stereocenters. The number of aromatic nitrogens is 3. The Morgan fingerprint density at radius 3 is 2.50 bits per heavy atom. The van der Waals surface area contributed by atoms with Crippen molar-refractivity contribution in [1.29, 1.82) is 0 Å². The van der Waals surface area contributed by atoms with Crippen LogP contribution in [0.5, 0.6) is 0 Å². The van der Waals surface area contributed by atoms with Crippen LogP contribution in [0.4, 0.5) is 0 Å². The fourth-order valence-corrected chi connectivity index (χ4v) is 2.03. The molecule has 0 N–H and O–H groups in total. The zero-order valence-electron chi connectivity index (χ0n) is 10.7. The summed E-state index contributed by atoms with van der Waals surface area (Å²) in [6.07, 6.45) is 3.79. The largest absolute Gasteiger partial charge is 0.237 e. The van der Waals surface area contributed by atoms with Gasteiger partial charge in [-0.3, -0.25) is 0 Å². The summed E-state index contributed by atoms with van der Waals surface area (Å²) in [7, 11) is 0. The lowest BCUT2D eigenvalue weighted by molar-refractivity contribution is 0.580. The Hall–Kier alpha value is -1.38. The summed E-state index contributed by atoms with van der Waals surface area (Å²) in [5.41, 5.74) is 3.49. The van der Waals surface area contributed by atoms with Crippen LogP contribution in [-0.2, 0) is 5.41 Å². The first-order valence-electron chi connectivity index (χ1n) is 5.75. The average molecular weight is 217 g/mol. The molecule has 0 radical (unpaired) electrons. The second-order valence-electron chi connectivity index (χ2n) is 5.55. The van der Waals surface area contributed by atoms with Crippen molar-refractivity contribution in [2.75, 3.05) is 0 Å². The van der Waals surface area contributed by atoms with Crippen LogP contribution in [0.2, 0.25) is 0 Å². The van der Waals surface area contributed by atoms with Crippen molar-refractivity contribution in [3.05, 3.63) is 29.7 Å². The highest BCUT2D eigenvalue weighted by atomic mass is 15.3. The van der Waals surface area contributed by atoms with Crippen molar-refractivity contribution >= 4 is 5.65 Å². The minimum absolute atomic E-state index is 0.0791.